The van der Waals surface area contributed by atoms with E-state index in [0.717, 1.165) is 11.3 Å². The number of rotatable bonds is 7. The molecule has 0 unspecified atom stereocenters. The first-order valence-electron chi connectivity index (χ1n) is 9.76. The lowest BCUT2D eigenvalue weighted by atomic mass is 10.1. The highest BCUT2D eigenvalue weighted by molar-refractivity contribution is 7.18. The van der Waals surface area contributed by atoms with Crippen LogP contribution in [0.1, 0.15) is 39.4 Å². The molecule has 170 valence electrons. The Morgan fingerprint density at radius 3 is 2.56 bits per heavy atom. The lowest BCUT2D eigenvalue weighted by Gasteiger charge is -2.28. The van der Waals surface area contributed by atoms with Crippen LogP contribution >= 0.6 is 22.9 Å². The summed E-state index contributed by atoms with van der Waals surface area (Å²) < 4.78 is 15.5. The molecule has 0 atom stereocenters. The predicted octanol–water partition coefficient (Wildman–Crippen LogP) is 3.43. The first-order chi connectivity index (χ1) is 15.3. The summed E-state index contributed by atoms with van der Waals surface area (Å²) in [6.07, 6.45) is 0. The number of hydrogen-bond donors (Lipinski definition) is 1. The van der Waals surface area contributed by atoms with Gasteiger partial charge in [0.15, 0.2) is 6.61 Å². The van der Waals surface area contributed by atoms with Gasteiger partial charge in [0.05, 0.1) is 24.5 Å². The van der Waals surface area contributed by atoms with E-state index in [2.05, 4.69) is 5.32 Å². The molecule has 11 heteroatoms. The highest BCUT2D eigenvalue weighted by Crippen LogP contribution is 2.36. The maximum Gasteiger partial charge on any atom is 0.348 e. The number of amides is 2. The number of carbonyl (C=O) groups is 4. The smallest absolute Gasteiger partial charge is 0.348 e. The Morgan fingerprint density at radius 2 is 1.88 bits per heavy atom. The monoisotopic (exact) mass is 480 g/mol. The fourth-order valence-electron chi connectivity index (χ4n) is 3.10. The number of nitrogens with one attached hydrogen (secondary N) is 1. The van der Waals surface area contributed by atoms with Crippen LogP contribution in [0, 0.1) is 6.92 Å². The van der Waals surface area contributed by atoms with E-state index in [0.29, 0.717) is 22.0 Å². The van der Waals surface area contributed by atoms with Crippen molar-refractivity contribution < 1.29 is 33.4 Å². The van der Waals surface area contributed by atoms with Gasteiger partial charge in [0.25, 0.3) is 5.91 Å². The van der Waals surface area contributed by atoms with Gasteiger partial charge >= 0.3 is 11.9 Å². The summed E-state index contributed by atoms with van der Waals surface area (Å²) in [6, 6.07) is 4.76. The Labute approximate surface area is 193 Å². The third kappa shape index (κ3) is 4.86. The van der Waals surface area contributed by atoms with Crippen LogP contribution in [0.25, 0.3) is 0 Å². The summed E-state index contributed by atoms with van der Waals surface area (Å²) in [4.78, 5) is 51.4. The van der Waals surface area contributed by atoms with Crippen LogP contribution in [0.5, 0.6) is 5.75 Å². The van der Waals surface area contributed by atoms with E-state index in [9.17, 15) is 19.2 Å². The van der Waals surface area contributed by atoms with Crippen LogP contribution in [0.4, 0.5) is 10.7 Å². The van der Waals surface area contributed by atoms with E-state index >= 15 is 0 Å². The van der Waals surface area contributed by atoms with Crippen molar-refractivity contribution in [3.05, 3.63) is 39.2 Å². The van der Waals surface area contributed by atoms with Crippen molar-refractivity contribution in [1.82, 2.24) is 0 Å². The third-order valence-corrected chi connectivity index (χ3v) is 5.93. The van der Waals surface area contributed by atoms with Gasteiger partial charge in [-0.15, -0.1) is 11.3 Å². The molecule has 0 bridgehead atoms. The second-order valence-corrected chi connectivity index (χ2v) is 8.09. The van der Waals surface area contributed by atoms with Gasteiger partial charge in [-0.25, -0.2) is 9.59 Å². The molecule has 3 rings (SSSR count). The summed E-state index contributed by atoms with van der Waals surface area (Å²) >= 11 is 6.94. The number of fused-ring (bicyclic) bond motifs is 1. The summed E-state index contributed by atoms with van der Waals surface area (Å²) in [7, 11) is 0. The van der Waals surface area contributed by atoms with E-state index in [-0.39, 0.29) is 41.8 Å². The molecular formula is C21H21ClN2O7S. The number of ether oxygens (including phenoxy) is 3. The van der Waals surface area contributed by atoms with Crippen molar-refractivity contribution >= 4 is 57.4 Å². The van der Waals surface area contributed by atoms with E-state index in [1.165, 1.54) is 11.0 Å². The Morgan fingerprint density at radius 1 is 1.19 bits per heavy atom. The SMILES string of the molecule is CCOC(=O)c1sc(NC(=O)CN2C(=O)COc3ccc(Cl)cc32)c(C(=O)OCC)c1C. The van der Waals surface area contributed by atoms with Gasteiger partial charge in [-0.05, 0) is 44.5 Å². The predicted molar refractivity (Wildman–Crippen MR) is 119 cm³/mol. The molecule has 1 aliphatic heterocycles. The van der Waals surface area contributed by atoms with Crippen LogP contribution in [-0.4, -0.2) is 50.1 Å². The van der Waals surface area contributed by atoms with Gasteiger partial charge in [-0.1, -0.05) is 11.6 Å². The van der Waals surface area contributed by atoms with Crippen LogP contribution in [0.3, 0.4) is 0 Å². The maximum atomic E-state index is 12.8. The van der Waals surface area contributed by atoms with Crippen LogP contribution < -0.4 is 15.0 Å². The largest absolute Gasteiger partial charge is 0.482 e. The van der Waals surface area contributed by atoms with Gasteiger partial charge in [0.1, 0.15) is 22.2 Å². The molecule has 32 heavy (non-hydrogen) atoms. The Balaban J connectivity index is 1.88. The zero-order valence-corrected chi connectivity index (χ0v) is 19.2. The average Bonchev–Trinajstić information content (AvgIpc) is 3.06. The summed E-state index contributed by atoms with van der Waals surface area (Å²) in [6.45, 7) is 4.61. The summed E-state index contributed by atoms with van der Waals surface area (Å²) in [5, 5.41) is 3.14. The average molecular weight is 481 g/mol. The second kappa shape index (κ2) is 10.0. The molecule has 2 amide bonds. The first-order valence-corrected chi connectivity index (χ1v) is 11.0. The van der Waals surface area contributed by atoms with Crippen molar-refractivity contribution in [2.45, 2.75) is 20.8 Å². The van der Waals surface area contributed by atoms with Crippen LogP contribution in [0.15, 0.2) is 18.2 Å². The molecule has 9 nitrogen and oxygen atoms in total. The molecule has 0 spiro atoms. The minimum atomic E-state index is -0.674. The molecule has 1 aliphatic rings. The molecule has 2 aromatic rings. The minimum absolute atomic E-state index is 0.0741. The van der Waals surface area contributed by atoms with Crippen molar-refractivity contribution in [3.8, 4) is 5.75 Å². The Bertz CT molecular complexity index is 1080. The fraction of sp³-hybridized carbons (Fsp3) is 0.333. The molecule has 0 saturated heterocycles. The van der Waals surface area contributed by atoms with Crippen molar-refractivity contribution in [3.63, 3.8) is 0 Å². The molecule has 0 saturated carbocycles. The Hall–Kier alpha value is -3.11. The van der Waals surface area contributed by atoms with E-state index < -0.39 is 23.8 Å². The van der Waals surface area contributed by atoms with Crippen molar-refractivity contribution in [1.29, 1.82) is 0 Å². The quantitative estimate of drug-likeness (QED) is 0.604. The lowest BCUT2D eigenvalue weighted by molar-refractivity contribution is -0.123. The van der Waals surface area contributed by atoms with Gasteiger partial charge in [-0.2, -0.15) is 0 Å². The fourth-order valence-corrected chi connectivity index (χ4v) is 4.37. The van der Waals surface area contributed by atoms with Gasteiger partial charge < -0.3 is 19.5 Å². The van der Waals surface area contributed by atoms with Crippen molar-refractivity contribution in [2.75, 3.05) is 36.6 Å². The van der Waals surface area contributed by atoms with Gasteiger partial charge in [0, 0.05) is 5.02 Å². The van der Waals surface area contributed by atoms with Gasteiger partial charge in [0.2, 0.25) is 5.91 Å². The topological polar surface area (TPSA) is 111 Å². The minimum Gasteiger partial charge on any atom is -0.482 e. The molecule has 0 fully saturated rings. The van der Waals surface area contributed by atoms with Crippen molar-refractivity contribution in [2.24, 2.45) is 0 Å². The molecule has 1 aromatic carbocycles. The lowest BCUT2D eigenvalue weighted by Crippen LogP contribution is -2.43. The molecule has 0 aliphatic carbocycles. The van der Waals surface area contributed by atoms with E-state index in [1.807, 2.05) is 0 Å². The highest BCUT2D eigenvalue weighted by atomic mass is 35.5. The summed E-state index contributed by atoms with van der Waals surface area (Å²) in [5.74, 6) is -1.85. The second-order valence-electron chi connectivity index (χ2n) is 6.63. The number of anilines is 2. The maximum absolute atomic E-state index is 12.8. The normalized spacial score (nSPS) is 12.6. The Kier molecular flexibility index (Phi) is 7.37. The number of thiophene rings is 1. The number of halogens is 1. The third-order valence-electron chi connectivity index (χ3n) is 4.51. The number of hydrogen-bond acceptors (Lipinski definition) is 8. The molecular weight excluding hydrogens is 460 g/mol. The molecule has 1 aromatic heterocycles. The number of nitrogens with zero attached hydrogens (tertiary/aromatic N) is 1. The number of benzene rings is 1. The zero-order chi connectivity index (χ0) is 23.4. The number of esters is 2. The van der Waals surface area contributed by atoms with Crippen LogP contribution in [-0.2, 0) is 19.1 Å². The van der Waals surface area contributed by atoms with Crippen LogP contribution in [0.2, 0.25) is 5.02 Å². The first kappa shape index (κ1) is 23.6. The van der Waals surface area contributed by atoms with E-state index in [1.54, 1.807) is 32.9 Å². The van der Waals surface area contributed by atoms with E-state index in [4.69, 9.17) is 25.8 Å². The summed E-state index contributed by atoms with van der Waals surface area (Å²) in [5.41, 5.74) is 0.788. The molecule has 0 radical (unpaired) electrons. The molecule has 2 heterocycles. The van der Waals surface area contributed by atoms with Gasteiger partial charge in [-0.3, -0.25) is 14.5 Å². The molecule has 1 N–H and O–H groups in total. The standard InChI is InChI=1S/C21H21ClN2O7S/c1-4-29-20(27)17-11(3)18(21(28)30-5-2)32-19(17)23-15(25)9-24-13-8-12(22)6-7-14(13)31-10-16(24)26/h6-8H,4-5,9-10H2,1-3H3,(H,23,25). The zero-order valence-electron chi connectivity index (χ0n) is 17.7. The highest BCUT2D eigenvalue weighted by Gasteiger charge is 2.30. The number of carbonyl (C=O) groups excluding carboxylic acids is 4.